The van der Waals surface area contributed by atoms with Crippen LogP contribution >= 0.6 is 0 Å². The van der Waals surface area contributed by atoms with Crippen LogP contribution in [0.25, 0.3) is 0 Å². The summed E-state index contributed by atoms with van der Waals surface area (Å²) < 4.78 is 20.8. The number of hydrogen-bond donors (Lipinski definition) is 1. The summed E-state index contributed by atoms with van der Waals surface area (Å²) in [5.41, 5.74) is 1.08. The molecule has 0 aromatic carbocycles. The average molecular weight is 464 g/mol. The molecule has 33 heavy (non-hydrogen) atoms. The zero-order valence-corrected chi connectivity index (χ0v) is 19.6. The molecular weight excluding hydrogens is 434 g/mol. The first-order valence-corrected chi connectivity index (χ1v) is 12.4. The molecule has 0 fully saturated rings. The third-order valence-corrected chi connectivity index (χ3v) is 6.33. The highest BCUT2D eigenvalue weighted by molar-refractivity contribution is 7.83. The van der Waals surface area contributed by atoms with Gasteiger partial charge in [0.25, 0.3) is 11.2 Å². The summed E-state index contributed by atoms with van der Waals surface area (Å²) in [6.45, 7) is 4.63. The molecule has 2 aromatic rings. The van der Waals surface area contributed by atoms with Crippen LogP contribution < -0.4 is 10.2 Å². The summed E-state index contributed by atoms with van der Waals surface area (Å²) in [6.07, 6.45) is 14.9. The number of rotatable bonds is 11. The van der Waals surface area contributed by atoms with E-state index in [-0.39, 0.29) is 0 Å². The fourth-order valence-corrected chi connectivity index (χ4v) is 4.77. The van der Waals surface area contributed by atoms with Crippen molar-refractivity contribution in [2.75, 3.05) is 18.0 Å². The van der Waals surface area contributed by atoms with Crippen LogP contribution in [-0.4, -0.2) is 50.6 Å². The van der Waals surface area contributed by atoms with Crippen molar-refractivity contribution in [1.29, 1.82) is 0 Å². The maximum absolute atomic E-state index is 12.2. The van der Waals surface area contributed by atoms with Crippen molar-refractivity contribution in [3.05, 3.63) is 66.6 Å². The van der Waals surface area contributed by atoms with E-state index in [0.717, 1.165) is 50.2 Å². The standard InChI is InChI=1S/C24H29N7OS/c1-2-17-31(21-8-3-5-13-26-21)18-6-4-11-24(12-7-14-28-24)22-23(30-33(32)29-22)27-19-20-9-15-25-16-10-20/h3,5,7-10,12-16H,2,4,6,11,17-19H2,1H3,(H,27,30). The highest BCUT2D eigenvalue weighted by Crippen LogP contribution is 2.29. The van der Waals surface area contributed by atoms with E-state index in [4.69, 9.17) is 4.99 Å². The van der Waals surface area contributed by atoms with Crippen molar-refractivity contribution < 1.29 is 4.21 Å². The monoisotopic (exact) mass is 463 g/mol. The molecule has 4 rings (SSSR count). The van der Waals surface area contributed by atoms with Crippen molar-refractivity contribution in [1.82, 2.24) is 15.3 Å². The molecule has 2 atom stereocenters. The van der Waals surface area contributed by atoms with Crippen LogP contribution in [0.1, 0.15) is 38.2 Å². The van der Waals surface area contributed by atoms with Gasteiger partial charge in [-0.2, -0.15) is 4.40 Å². The van der Waals surface area contributed by atoms with Gasteiger partial charge in [-0.1, -0.05) is 13.0 Å². The number of nitrogens with zero attached hydrogens (tertiary/aromatic N) is 6. The number of hydrogen-bond acceptors (Lipinski definition) is 6. The number of unbranched alkanes of at least 4 members (excludes halogenated alkanes) is 1. The predicted octanol–water partition coefficient (Wildman–Crippen LogP) is 3.46. The molecule has 0 bridgehead atoms. The summed E-state index contributed by atoms with van der Waals surface area (Å²) in [6, 6.07) is 9.89. The lowest BCUT2D eigenvalue weighted by Crippen LogP contribution is -2.43. The minimum Gasteiger partial charge on any atom is -0.364 e. The van der Waals surface area contributed by atoms with E-state index in [1.165, 1.54) is 0 Å². The van der Waals surface area contributed by atoms with Crippen molar-refractivity contribution in [3.63, 3.8) is 0 Å². The summed E-state index contributed by atoms with van der Waals surface area (Å²) in [5.74, 6) is 1.56. The minimum atomic E-state index is -1.63. The SMILES string of the molecule is CCCN(CCCCC1(C2=NS(=O)N=C2NCc2ccncc2)C=CC=N1)c1ccccn1. The largest absolute Gasteiger partial charge is 0.364 e. The van der Waals surface area contributed by atoms with Gasteiger partial charge < -0.3 is 10.2 Å². The molecule has 2 aliphatic heterocycles. The Labute approximate surface area is 197 Å². The van der Waals surface area contributed by atoms with Crippen molar-refractivity contribution in [2.45, 2.75) is 44.7 Å². The van der Waals surface area contributed by atoms with E-state index < -0.39 is 16.7 Å². The third-order valence-electron chi connectivity index (χ3n) is 5.65. The maximum atomic E-state index is 12.2. The van der Waals surface area contributed by atoms with Gasteiger partial charge in [0.15, 0.2) is 5.84 Å². The first-order valence-electron chi connectivity index (χ1n) is 11.3. The number of pyridine rings is 2. The number of nitrogens with one attached hydrogen (secondary N) is 1. The van der Waals surface area contributed by atoms with Gasteiger partial charge in [-0.3, -0.25) is 9.98 Å². The van der Waals surface area contributed by atoms with Crippen LogP contribution in [0.15, 0.2) is 74.9 Å². The average Bonchev–Trinajstić information content (AvgIpc) is 3.48. The lowest BCUT2D eigenvalue weighted by molar-refractivity contribution is 0.571. The summed E-state index contributed by atoms with van der Waals surface area (Å²) in [4.78, 5) is 15.6. The Morgan fingerprint density at radius 2 is 1.94 bits per heavy atom. The zero-order valence-electron chi connectivity index (χ0n) is 18.8. The van der Waals surface area contributed by atoms with E-state index in [1.807, 2.05) is 42.6 Å². The van der Waals surface area contributed by atoms with Gasteiger partial charge in [-0.25, -0.2) is 9.19 Å². The number of amidine groups is 1. The minimum absolute atomic E-state index is 0.551. The molecule has 8 nitrogen and oxygen atoms in total. The van der Waals surface area contributed by atoms with Gasteiger partial charge in [-0.15, -0.1) is 4.40 Å². The highest BCUT2D eigenvalue weighted by Gasteiger charge is 2.40. The second-order valence-corrected chi connectivity index (χ2v) is 8.84. The molecule has 0 spiro atoms. The van der Waals surface area contributed by atoms with Crippen molar-refractivity contribution >= 4 is 34.8 Å². The fraction of sp³-hybridized carbons (Fsp3) is 0.375. The van der Waals surface area contributed by atoms with Crippen molar-refractivity contribution in [2.24, 2.45) is 13.8 Å². The first-order chi connectivity index (χ1) is 16.2. The van der Waals surface area contributed by atoms with E-state index in [2.05, 4.69) is 42.0 Å². The van der Waals surface area contributed by atoms with Gasteiger partial charge in [0.1, 0.15) is 17.1 Å². The van der Waals surface area contributed by atoms with Crippen LogP contribution in [-0.2, 0) is 17.7 Å². The van der Waals surface area contributed by atoms with Gasteiger partial charge >= 0.3 is 0 Å². The van der Waals surface area contributed by atoms with Crippen LogP contribution in [0.5, 0.6) is 0 Å². The molecule has 2 unspecified atom stereocenters. The molecule has 9 heteroatoms. The third kappa shape index (κ3) is 5.78. The molecule has 2 aromatic heterocycles. The van der Waals surface area contributed by atoms with Gasteiger partial charge in [-0.05, 0) is 67.7 Å². The molecule has 0 amide bonds. The van der Waals surface area contributed by atoms with Crippen LogP contribution in [0, 0.1) is 0 Å². The number of allylic oxidation sites excluding steroid dienone is 1. The Hall–Kier alpha value is -3.20. The lowest BCUT2D eigenvalue weighted by atomic mass is 9.87. The van der Waals surface area contributed by atoms with E-state index in [0.29, 0.717) is 18.1 Å². The van der Waals surface area contributed by atoms with Crippen molar-refractivity contribution in [3.8, 4) is 0 Å². The molecule has 172 valence electrons. The molecule has 0 saturated heterocycles. The van der Waals surface area contributed by atoms with E-state index >= 15 is 0 Å². The lowest BCUT2D eigenvalue weighted by Gasteiger charge is -2.27. The quantitative estimate of drug-likeness (QED) is 0.515. The fourth-order valence-electron chi connectivity index (χ4n) is 4.03. The van der Waals surface area contributed by atoms with Gasteiger partial charge in [0, 0.05) is 44.4 Å². The van der Waals surface area contributed by atoms with Gasteiger partial charge in [0.05, 0.1) is 0 Å². The topological polar surface area (TPSA) is 95.2 Å². The van der Waals surface area contributed by atoms with Crippen LogP contribution in [0.4, 0.5) is 5.82 Å². The van der Waals surface area contributed by atoms with E-state index in [9.17, 15) is 4.21 Å². The highest BCUT2D eigenvalue weighted by atomic mass is 32.2. The number of aromatic nitrogens is 2. The van der Waals surface area contributed by atoms with Gasteiger partial charge in [0.2, 0.25) is 0 Å². The molecule has 0 radical (unpaired) electrons. The number of anilines is 1. The number of aliphatic imine (C=N–C) groups is 1. The Morgan fingerprint density at radius 3 is 2.67 bits per heavy atom. The predicted molar refractivity (Wildman–Crippen MR) is 135 cm³/mol. The van der Waals surface area contributed by atoms with Crippen LogP contribution in [0.2, 0.25) is 0 Å². The van der Waals surface area contributed by atoms with E-state index in [1.54, 1.807) is 18.6 Å². The second-order valence-electron chi connectivity index (χ2n) is 8.01. The Bertz CT molecular complexity index is 1050. The first kappa shape index (κ1) is 23.0. The maximum Gasteiger partial charge on any atom is 0.268 e. The zero-order chi connectivity index (χ0) is 22.9. The second kappa shape index (κ2) is 11.1. The molecule has 1 N–H and O–H groups in total. The Kier molecular flexibility index (Phi) is 7.72. The Morgan fingerprint density at radius 1 is 1.06 bits per heavy atom. The molecule has 4 heterocycles. The Balaban J connectivity index is 1.39. The smallest absolute Gasteiger partial charge is 0.268 e. The molecule has 0 saturated carbocycles. The van der Waals surface area contributed by atoms with Crippen LogP contribution in [0.3, 0.4) is 0 Å². The normalized spacial score (nSPS) is 21.2. The summed E-state index contributed by atoms with van der Waals surface area (Å²) in [7, 11) is 0. The molecule has 2 aliphatic rings. The summed E-state index contributed by atoms with van der Waals surface area (Å²) in [5, 5.41) is 3.30. The summed E-state index contributed by atoms with van der Waals surface area (Å²) >= 11 is -1.63. The molecular formula is C24H29N7OS. The molecule has 0 aliphatic carbocycles.